The monoisotopic (exact) mass is 289 g/mol. The van der Waals surface area contributed by atoms with Crippen molar-refractivity contribution in [1.29, 1.82) is 0 Å². The molecule has 0 saturated carbocycles. The van der Waals surface area contributed by atoms with Gasteiger partial charge in [-0.05, 0) is 6.07 Å². The molecule has 0 aliphatic carbocycles. The molecular weight excluding hydrogens is 278 g/mol. The number of rotatable bonds is 4. The molecule has 1 aromatic carbocycles. The molecule has 0 bridgehead atoms. The fourth-order valence-corrected chi connectivity index (χ4v) is 3.41. The van der Waals surface area contributed by atoms with E-state index in [0.29, 0.717) is 0 Å². The van der Waals surface area contributed by atoms with Gasteiger partial charge in [-0.15, -0.1) is 11.3 Å². The van der Waals surface area contributed by atoms with E-state index in [-0.39, 0.29) is 0 Å². The maximum Gasteiger partial charge on any atom is 0.197 e. The van der Waals surface area contributed by atoms with Gasteiger partial charge >= 0.3 is 0 Å². The third-order valence-corrected chi connectivity index (χ3v) is 4.70. The average molecular weight is 289 g/mol. The molecule has 0 fully saturated rings. The number of anilines is 1. The lowest BCUT2D eigenvalue weighted by Gasteiger charge is -2.02. The molecule has 19 heavy (non-hydrogen) atoms. The summed E-state index contributed by atoms with van der Waals surface area (Å²) in [6.07, 6.45) is 3.43. The van der Waals surface area contributed by atoms with E-state index in [9.17, 15) is 0 Å². The molecule has 3 aromatic rings. The van der Waals surface area contributed by atoms with Crippen LogP contribution in [0.15, 0.2) is 41.8 Å². The van der Waals surface area contributed by atoms with E-state index in [0.717, 1.165) is 31.7 Å². The van der Waals surface area contributed by atoms with Crippen LogP contribution in [-0.4, -0.2) is 15.0 Å². The summed E-state index contributed by atoms with van der Waals surface area (Å²) in [6, 6.07) is 8.01. The van der Waals surface area contributed by atoms with Crippen LogP contribution >= 0.6 is 23.1 Å². The lowest BCUT2D eigenvalue weighted by molar-refractivity contribution is 1.10. The molecule has 0 aliphatic rings. The van der Waals surface area contributed by atoms with Crippen LogP contribution in [0.4, 0.5) is 5.13 Å². The fourth-order valence-electron chi connectivity index (χ4n) is 1.68. The number of para-hydroxylation sites is 1. The maximum atomic E-state index is 5.32. The van der Waals surface area contributed by atoms with Crippen LogP contribution in [0.2, 0.25) is 0 Å². The van der Waals surface area contributed by atoms with Crippen LogP contribution in [0, 0.1) is 0 Å². The number of hydrogen-bond acceptors (Lipinski definition) is 7. The number of hydrazine groups is 1. The molecule has 7 heteroatoms. The SMILES string of the molecule is NNc1ncc(CSc2ncnc3ccccc23)s1. The highest BCUT2D eigenvalue weighted by Crippen LogP contribution is 2.29. The van der Waals surface area contributed by atoms with Gasteiger partial charge in [0.2, 0.25) is 0 Å². The van der Waals surface area contributed by atoms with Crippen LogP contribution in [-0.2, 0) is 5.75 Å². The van der Waals surface area contributed by atoms with E-state index < -0.39 is 0 Å². The zero-order valence-electron chi connectivity index (χ0n) is 9.91. The Morgan fingerprint density at radius 2 is 2.11 bits per heavy atom. The van der Waals surface area contributed by atoms with Gasteiger partial charge in [-0.1, -0.05) is 30.0 Å². The molecule has 3 N–H and O–H groups in total. The minimum absolute atomic E-state index is 0.725. The van der Waals surface area contributed by atoms with Gasteiger partial charge in [-0.2, -0.15) is 0 Å². The second-order valence-electron chi connectivity index (χ2n) is 3.76. The number of benzene rings is 1. The minimum Gasteiger partial charge on any atom is -0.300 e. The topological polar surface area (TPSA) is 76.7 Å². The Labute approximate surface area is 118 Å². The van der Waals surface area contributed by atoms with Crippen molar-refractivity contribution in [3.8, 4) is 0 Å². The normalized spacial score (nSPS) is 10.8. The summed E-state index contributed by atoms with van der Waals surface area (Å²) in [5.74, 6) is 6.14. The standard InChI is InChI=1S/C12H11N5S2/c13-17-12-14-5-8(19-12)6-18-11-9-3-1-2-4-10(9)15-7-16-11/h1-5,7H,6,13H2,(H,14,17). The summed E-state index contributed by atoms with van der Waals surface area (Å²) < 4.78 is 0. The number of nitrogen functional groups attached to an aromatic ring is 1. The van der Waals surface area contributed by atoms with Gasteiger partial charge in [0.05, 0.1) is 5.52 Å². The van der Waals surface area contributed by atoms with Crippen molar-refractivity contribution in [2.45, 2.75) is 10.8 Å². The lowest BCUT2D eigenvalue weighted by Crippen LogP contribution is -2.05. The van der Waals surface area contributed by atoms with Gasteiger partial charge < -0.3 is 0 Å². The zero-order chi connectivity index (χ0) is 13.1. The number of thioether (sulfide) groups is 1. The molecular formula is C12H11N5S2. The Bertz CT molecular complexity index is 692. The van der Waals surface area contributed by atoms with Crippen molar-refractivity contribution in [2.24, 2.45) is 5.84 Å². The molecule has 0 amide bonds. The second kappa shape index (κ2) is 5.52. The zero-order valence-corrected chi connectivity index (χ0v) is 11.5. The van der Waals surface area contributed by atoms with Crippen molar-refractivity contribution < 1.29 is 0 Å². The molecule has 0 unspecified atom stereocenters. The van der Waals surface area contributed by atoms with Crippen LogP contribution in [0.1, 0.15) is 4.88 Å². The van der Waals surface area contributed by atoms with Crippen molar-refractivity contribution in [1.82, 2.24) is 15.0 Å². The van der Waals surface area contributed by atoms with Crippen molar-refractivity contribution >= 4 is 39.1 Å². The fraction of sp³-hybridized carbons (Fsp3) is 0.0833. The first-order chi connectivity index (χ1) is 9.36. The number of thiazole rings is 1. The number of nitrogens with zero attached hydrogens (tertiary/aromatic N) is 3. The Morgan fingerprint density at radius 3 is 2.95 bits per heavy atom. The molecule has 0 aliphatic heterocycles. The molecule has 2 aromatic heterocycles. The van der Waals surface area contributed by atoms with E-state index in [4.69, 9.17) is 5.84 Å². The molecule has 96 valence electrons. The molecule has 0 saturated heterocycles. The summed E-state index contributed by atoms with van der Waals surface area (Å²) in [4.78, 5) is 13.9. The number of nitrogens with two attached hydrogens (primary N) is 1. The molecule has 3 rings (SSSR count). The predicted molar refractivity (Wildman–Crippen MR) is 79.0 cm³/mol. The third-order valence-electron chi connectivity index (χ3n) is 2.53. The van der Waals surface area contributed by atoms with Gasteiger partial charge in [-0.25, -0.2) is 20.8 Å². The molecule has 0 spiro atoms. The summed E-state index contributed by atoms with van der Waals surface area (Å²) in [7, 11) is 0. The highest BCUT2D eigenvalue weighted by Gasteiger charge is 2.06. The molecule has 0 atom stereocenters. The Hall–Kier alpha value is -1.70. The first kappa shape index (κ1) is 12.3. The predicted octanol–water partition coefficient (Wildman–Crippen LogP) is 2.66. The van der Waals surface area contributed by atoms with Gasteiger partial charge in [0, 0.05) is 22.2 Å². The third kappa shape index (κ3) is 2.67. The number of fused-ring (bicyclic) bond motifs is 1. The van der Waals surface area contributed by atoms with E-state index in [1.54, 1.807) is 29.4 Å². The van der Waals surface area contributed by atoms with Crippen LogP contribution in [0.5, 0.6) is 0 Å². The van der Waals surface area contributed by atoms with Crippen LogP contribution < -0.4 is 11.3 Å². The quantitative estimate of drug-likeness (QED) is 0.333. The largest absolute Gasteiger partial charge is 0.300 e. The summed E-state index contributed by atoms with van der Waals surface area (Å²) in [5.41, 5.74) is 3.51. The van der Waals surface area contributed by atoms with Crippen molar-refractivity contribution in [3.63, 3.8) is 0 Å². The van der Waals surface area contributed by atoms with Gasteiger partial charge in [0.15, 0.2) is 5.13 Å². The molecule has 2 heterocycles. The van der Waals surface area contributed by atoms with E-state index in [1.807, 2.05) is 30.5 Å². The Kier molecular flexibility index (Phi) is 3.58. The number of hydrogen-bond donors (Lipinski definition) is 2. The Balaban J connectivity index is 1.81. The summed E-state index contributed by atoms with van der Waals surface area (Å²) >= 11 is 3.22. The maximum absolute atomic E-state index is 5.32. The Morgan fingerprint density at radius 1 is 1.21 bits per heavy atom. The van der Waals surface area contributed by atoms with Gasteiger partial charge in [0.25, 0.3) is 0 Å². The first-order valence-corrected chi connectivity index (χ1v) is 7.41. The molecule has 0 radical (unpaired) electrons. The first-order valence-electron chi connectivity index (χ1n) is 5.60. The van der Waals surface area contributed by atoms with Crippen molar-refractivity contribution in [3.05, 3.63) is 41.7 Å². The summed E-state index contributed by atoms with van der Waals surface area (Å²) in [6.45, 7) is 0. The second-order valence-corrected chi connectivity index (χ2v) is 5.84. The van der Waals surface area contributed by atoms with E-state index >= 15 is 0 Å². The van der Waals surface area contributed by atoms with E-state index in [1.165, 1.54) is 0 Å². The van der Waals surface area contributed by atoms with Gasteiger partial charge in [-0.3, -0.25) is 5.43 Å². The van der Waals surface area contributed by atoms with Crippen molar-refractivity contribution in [2.75, 3.05) is 5.43 Å². The highest BCUT2D eigenvalue weighted by atomic mass is 32.2. The minimum atomic E-state index is 0.725. The van der Waals surface area contributed by atoms with Crippen LogP contribution in [0.3, 0.4) is 0 Å². The van der Waals surface area contributed by atoms with Crippen LogP contribution in [0.25, 0.3) is 10.9 Å². The van der Waals surface area contributed by atoms with E-state index in [2.05, 4.69) is 20.4 Å². The smallest absolute Gasteiger partial charge is 0.197 e. The number of nitrogens with one attached hydrogen (secondary N) is 1. The summed E-state index contributed by atoms with van der Waals surface area (Å²) in [5, 5.41) is 2.79. The average Bonchev–Trinajstić information content (AvgIpc) is 2.93. The highest BCUT2D eigenvalue weighted by molar-refractivity contribution is 7.98. The molecule has 5 nitrogen and oxygen atoms in total. The van der Waals surface area contributed by atoms with Gasteiger partial charge in [0.1, 0.15) is 11.4 Å². The number of aromatic nitrogens is 3. The lowest BCUT2D eigenvalue weighted by atomic mass is 10.2.